The van der Waals surface area contributed by atoms with Crippen molar-refractivity contribution in [1.29, 1.82) is 0 Å². The molecular weight excluding hydrogens is 142 g/mol. The van der Waals surface area contributed by atoms with Gasteiger partial charge in [0.15, 0.2) is 5.82 Å². The smallest absolute Gasteiger partial charge is 0.238 e. The van der Waals surface area contributed by atoms with Crippen LogP contribution in [0.4, 0.5) is 5.82 Å². The van der Waals surface area contributed by atoms with Crippen LogP contribution >= 0.6 is 0 Å². The van der Waals surface area contributed by atoms with Crippen LogP contribution in [-0.2, 0) is 7.05 Å². The van der Waals surface area contributed by atoms with Gasteiger partial charge in [0.25, 0.3) is 0 Å². The van der Waals surface area contributed by atoms with Crippen LogP contribution in [0.2, 0.25) is 0 Å². The number of ether oxygens (including phenoxy) is 1. The molecule has 1 aromatic heterocycles. The minimum Gasteiger partial charge on any atom is -0.471 e. The first-order valence-corrected chi connectivity index (χ1v) is 3.69. The summed E-state index contributed by atoms with van der Waals surface area (Å²) in [6.45, 7) is 2.87. The molecule has 1 aromatic rings. The Labute approximate surface area is 65.2 Å². The predicted octanol–water partition coefficient (Wildman–Crippen LogP) is 0.613. The van der Waals surface area contributed by atoms with Crippen molar-refractivity contribution in [3.05, 3.63) is 6.33 Å². The molecule has 1 unspecified atom stereocenters. The molecule has 0 amide bonds. The second-order valence-corrected chi connectivity index (χ2v) is 2.82. The van der Waals surface area contributed by atoms with Crippen molar-refractivity contribution in [2.75, 3.05) is 11.9 Å². The minimum atomic E-state index is 0.234. The van der Waals surface area contributed by atoms with Gasteiger partial charge in [0.1, 0.15) is 6.10 Å². The molecule has 1 aliphatic rings. The molecule has 0 radical (unpaired) electrons. The SMILES string of the molecule is CC1CNc2ncn(C)c2O1. The summed E-state index contributed by atoms with van der Waals surface area (Å²) >= 11 is 0. The van der Waals surface area contributed by atoms with Gasteiger partial charge in [0.05, 0.1) is 12.9 Å². The minimum absolute atomic E-state index is 0.234. The lowest BCUT2D eigenvalue weighted by Crippen LogP contribution is -2.28. The molecule has 0 spiro atoms. The van der Waals surface area contributed by atoms with E-state index in [0.29, 0.717) is 0 Å². The molecule has 0 aliphatic carbocycles. The third kappa shape index (κ3) is 0.943. The van der Waals surface area contributed by atoms with Gasteiger partial charge in [-0.2, -0.15) is 0 Å². The van der Waals surface area contributed by atoms with E-state index in [0.717, 1.165) is 18.2 Å². The van der Waals surface area contributed by atoms with E-state index >= 15 is 0 Å². The van der Waals surface area contributed by atoms with Gasteiger partial charge in [0.2, 0.25) is 5.88 Å². The quantitative estimate of drug-likeness (QED) is 0.593. The fourth-order valence-corrected chi connectivity index (χ4v) is 1.15. The van der Waals surface area contributed by atoms with Crippen LogP contribution in [0.15, 0.2) is 6.33 Å². The van der Waals surface area contributed by atoms with E-state index in [1.54, 1.807) is 6.33 Å². The number of rotatable bonds is 0. The Morgan fingerprint density at radius 2 is 2.64 bits per heavy atom. The highest BCUT2D eigenvalue weighted by Gasteiger charge is 2.18. The summed E-state index contributed by atoms with van der Waals surface area (Å²) in [7, 11) is 1.92. The maximum absolute atomic E-state index is 5.54. The molecule has 0 aromatic carbocycles. The lowest BCUT2D eigenvalue weighted by molar-refractivity contribution is 0.209. The van der Waals surface area contributed by atoms with Gasteiger partial charge in [-0.1, -0.05) is 0 Å². The molecule has 11 heavy (non-hydrogen) atoms. The predicted molar refractivity (Wildman–Crippen MR) is 41.8 cm³/mol. The monoisotopic (exact) mass is 153 g/mol. The lowest BCUT2D eigenvalue weighted by atomic mass is 10.3. The second kappa shape index (κ2) is 2.15. The fraction of sp³-hybridized carbons (Fsp3) is 0.571. The van der Waals surface area contributed by atoms with Crippen LogP contribution in [0.1, 0.15) is 6.92 Å². The maximum atomic E-state index is 5.54. The molecule has 1 atom stereocenters. The summed E-state index contributed by atoms with van der Waals surface area (Å²) < 4.78 is 7.41. The van der Waals surface area contributed by atoms with E-state index in [1.165, 1.54) is 0 Å². The Morgan fingerprint density at radius 3 is 3.45 bits per heavy atom. The zero-order chi connectivity index (χ0) is 7.84. The molecule has 4 heteroatoms. The molecule has 1 N–H and O–H groups in total. The summed E-state index contributed by atoms with van der Waals surface area (Å²) in [5.74, 6) is 1.69. The highest BCUT2D eigenvalue weighted by Crippen LogP contribution is 2.25. The molecule has 2 rings (SSSR count). The summed E-state index contributed by atoms with van der Waals surface area (Å²) in [5, 5.41) is 3.18. The van der Waals surface area contributed by atoms with E-state index in [9.17, 15) is 0 Å². The summed E-state index contributed by atoms with van der Waals surface area (Å²) in [4.78, 5) is 4.12. The normalized spacial score (nSPS) is 21.8. The zero-order valence-electron chi connectivity index (χ0n) is 6.66. The average molecular weight is 153 g/mol. The van der Waals surface area contributed by atoms with Crippen LogP contribution in [0.25, 0.3) is 0 Å². The molecule has 4 nitrogen and oxygen atoms in total. The number of fused-ring (bicyclic) bond motifs is 1. The number of imidazole rings is 1. The van der Waals surface area contributed by atoms with E-state index in [-0.39, 0.29) is 6.10 Å². The van der Waals surface area contributed by atoms with Crippen molar-refractivity contribution < 1.29 is 4.74 Å². The highest BCUT2D eigenvalue weighted by atomic mass is 16.5. The number of hydrogen-bond donors (Lipinski definition) is 1. The van der Waals surface area contributed by atoms with E-state index < -0.39 is 0 Å². The molecule has 2 heterocycles. The van der Waals surface area contributed by atoms with Gasteiger partial charge < -0.3 is 14.6 Å². The summed E-state index contributed by atoms with van der Waals surface area (Å²) in [6.07, 6.45) is 1.98. The van der Waals surface area contributed by atoms with Gasteiger partial charge >= 0.3 is 0 Å². The molecule has 60 valence electrons. The number of aryl methyl sites for hydroxylation is 1. The van der Waals surface area contributed by atoms with Crippen LogP contribution in [-0.4, -0.2) is 22.2 Å². The number of hydrogen-bond acceptors (Lipinski definition) is 3. The molecule has 0 fully saturated rings. The van der Waals surface area contributed by atoms with Gasteiger partial charge in [0, 0.05) is 7.05 Å². The van der Waals surface area contributed by atoms with Crippen molar-refractivity contribution in [3.8, 4) is 5.88 Å². The van der Waals surface area contributed by atoms with Crippen molar-refractivity contribution >= 4 is 5.82 Å². The summed E-state index contributed by atoms with van der Waals surface area (Å²) in [5.41, 5.74) is 0. The van der Waals surface area contributed by atoms with Crippen molar-refractivity contribution in [2.45, 2.75) is 13.0 Å². The Kier molecular flexibility index (Phi) is 1.27. The standard InChI is InChI=1S/C7H11N3O/c1-5-3-8-6-7(11-5)10(2)4-9-6/h4-5,8H,3H2,1-2H3. The van der Waals surface area contributed by atoms with Gasteiger partial charge in [-0.15, -0.1) is 0 Å². The Balaban J connectivity index is 2.37. The lowest BCUT2D eigenvalue weighted by Gasteiger charge is -2.21. The van der Waals surface area contributed by atoms with Gasteiger partial charge in [-0.25, -0.2) is 4.98 Å². The van der Waals surface area contributed by atoms with Crippen molar-refractivity contribution in [2.24, 2.45) is 7.05 Å². The Hall–Kier alpha value is -1.19. The van der Waals surface area contributed by atoms with Gasteiger partial charge in [-0.05, 0) is 6.92 Å². The number of aromatic nitrogens is 2. The fourth-order valence-electron chi connectivity index (χ4n) is 1.15. The highest BCUT2D eigenvalue weighted by molar-refractivity contribution is 5.48. The first-order chi connectivity index (χ1) is 5.27. The van der Waals surface area contributed by atoms with Crippen LogP contribution < -0.4 is 10.1 Å². The molecule has 0 saturated heterocycles. The second-order valence-electron chi connectivity index (χ2n) is 2.82. The number of nitrogens with zero attached hydrogens (tertiary/aromatic N) is 2. The van der Waals surface area contributed by atoms with Gasteiger partial charge in [-0.3, -0.25) is 0 Å². The number of anilines is 1. The Morgan fingerprint density at radius 1 is 1.82 bits per heavy atom. The van der Waals surface area contributed by atoms with E-state index in [1.807, 2.05) is 18.5 Å². The topological polar surface area (TPSA) is 39.1 Å². The first kappa shape index (κ1) is 6.52. The Bertz CT molecular complexity index is 269. The van der Waals surface area contributed by atoms with Crippen LogP contribution in [0, 0.1) is 0 Å². The molecule has 0 bridgehead atoms. The maximum Gasteiger partial charge on any atom is 0.238 e. The van der Waals surface area contributed by atoms with Crippen molar-refractivity contribution in [1.82, 2.24) is 9.55 Å². The molecular formula is C7H11N3O. The first-order valence-electron chi connectivity index (χ1n) is 3.69. The van der Waals surface area contributed by atoms with E-state index in [2.05, 4.69) is 10.3 Å². The van der Waals surface area contributed by atoms with Crippen LogP contribution in [0.5, 0.6) is 5.88 Å². The zero-order valence-corrected chi connectivity index (χ0v) is 6.66. The van der Waals surface area contributed by atoms with E-state index in [4.69, 9.17) is 4.74 Å². The molecule has 1 aliphatic heterocycles. The average Bonchev–Trinajstić information content (AvgIpc) is 2.33. The summed E-state index contributed by atoms with van der Waals surface area (Å²) in [6, 6.07) is 0. The molecule has 0 saturated carbocycles. The van der Waals surface area contributed by atoms with Crippen molar-refractivity contribution in [3.63, 3.8) is 0 Å². The number of nitrogens with one attached hydrogen (secondary N) is 1. The largest absolute Gasteiger partial charge is 0.471 e. The third-order valence-electron chi connectivity index (χ3n) is 1.75. The van der Waals surface area contributed by atoms with Crippen LogP contribution in [0.3, 0.4) is 0 Å². The third-order valence-corrected chi connectivity index (χ3v) is 1.75.